The minimum absolute atomic E-state index is 0.578. The Morgan fingerprint density at radius 2 is 1.53 bits per heavy atom. The average molecular weight is 259 g/mol. The molecule has 0 aliphatic carbocycles. The van der Waals surface area contributed by atoms with E-state index in [0.717, 1.165) is 17.1 Å². The van der Waals surface area contributed by atoms with Crippen LogP contribution in [0.3, 0.4) is 0 Å². The summed E-state index contributed by atoms with van der Waals surface area (Å²) in [6.45, 7) is 0. The number of ether oxygens (including phenoxy) is 2. The molecule has 19 heavy (non-hydrogen) atoms. The van der Waals surface area contributed by atoms with Gasteiger partial charge in [-0.2, -0.15) is 0 Å². The summed E-state index contributed by atoms with van der Waals surface area (Å²) in [5.41, 5.74) is 7.98. The molecule has 0 saturated heterocycles. The van der Waals surface area contributed by atoms with Crippen LogP contribution in [0.15, 0.2) is 42.5 Å². The van der Waals surface area contributed by atoms with Gasteiger partial charge in [-0.15, -0.1) is 0 Å². The van der Waals surface area contributed by atoms with E-state index in [-0.39, 0.29) is 0 Å². The first-order valence-electron chi connectivity index (χ1n) is 5.78. The summed E-state index contributed by atoms with van der Waals surface area (Å²) in [5, 5.41) is 1.56. The first kappa shape index (κ1) is 13.0. The molecule has 0 heterocycles. The van der Waals surface area contributed by atoms with Crippen LogP contribution in [0.1, 0.15) is 0 Å². The number of anilines is 3. The molecule has 0 aliphatic rings. The molecular weight excluding hydrogens is 242 g/mol. The predicted molar refractivity (Wildman–Crippen MR) is 76.7 cm³/mol. The minimum Gasteiger partial charge on any atom is -0.497 e. The largest absolute Gasteiger partial charge is 0.497 e. The van der Waals surface area contributed by atoms with Crippen molar-refractivity contribution in [1.29, 1.82) is 0 Å². The molecule has 2 rings (SSSR count). The van der Waals surface area contributed by atoms with Crippen LogP contribution in [0, 0.1) is 0 Å². The van der Waals surface area contributed by atoms with Gasteiger partial charge < -0.3 is 15.2 Å². The molecule has 0 amide bonds. The van der Waals surface area contributed by atoms with E-state index in [1.807, 2.05) is 30.3 Å². The smallest absolute Gasteiger partial charge is 0.143 e. The van der Waals surface area contributed by atoms with Crippen molar-refractivity contribution >= 4 is 17.1 Å². The number of nitrogens with zero attached hydrogens (tertiary/aromatic N) is 1. The van der Waals surface area contributed by atoms with Gasteiger partial charge in [0.25, 0.3) is 0 Å². The van der Waals surface area contributed by atoms with E-state index in [4.69, 9.17) is 21.1 Å². The van der Waals surface area contributed by atoms with E-state index < -0.39 is 0 Å². The molecule has 0 aliphatic heterocycles. The maximum Gasteiger partial charge on any atom is 0.143 e. The zero-order chi connectivity index (χ0) is 13.8. The van der Waals surface area contributed by atoms with Crippen molar-refractivity contribution in [3.63, 3.8) is 0 Å². The van der Waals surface area contributed by atoms with Crippen molar-refractivity contribution in [2.75, 3.05) is 25.0 Å². The summed E-state index contributed by atoms with van der Waals surface area (Å²) in [4.78, 5) is 0. The van der Waals surface area contributed by atoms with E-state index in [0.29, 0.717) is 11.4 Å². The second-order valence-electron chi connectivity index (χ2n) is 3.99. The third kappa shape index (κ3) is 2.71. The number of hydrazine groups is 1. The summed E-state index contributed by atoms with van der Waals surface area (Å²) >= 11 is 0. The van der Waals surface area contributed by atoms with Crippen LogP contribution in [0.5, 0.6) is 11.5 Å². The molecule has 0 unspecified atom stereocenters. The van der Waals surface area contributed by atoms with Gasteiger partial charge in [-0.1, -0.05) is 0 Å². The topological polar surface area (TPSA) is 73.7 Å². The molecule has 0 bridgehead atoms. The van der Waals surface area contributed by atoms with Crippen molar-refractivity contribution in [2.45, 2.75) is 0 Å². The van der Waals surface area contributed by atoms with Gasteiger partial charge in [0.1, 0.15) is 11.5 Å². The highest BCUT2D eigenvalue weighted by molar-refractivity contribution is 5.68. The minimum atomic E-state index is 0.578. The van der Waals surface area contributed by atoms with Crippen LogP contribution in [-0.4, -0.2) is 14.2 Å². The normalized spacial score (nSPS) is 10.1. The van der Waals surface area contributed by atoms with Gasteiger partial charge in [-0.05, 0) is 36.4 Å². The molecular formula is C14H17N3O2. The third-order valence-electron chi connectivity index (χ3n) is 2.85. The lowest BCUT2D eigenvalue weighted by atomic mass is 10.2. The molecule has 4 N–H and O–H groups in total. The quantitative estimate of drug-likeness (QED) is 0.500. The van der Waals surface area contributed by atoms with E-state index in [1.54, 1.807) is 31.4 Å². The zero-order valence-corrected chi connectivity index (χ0v) is 11.0. The Balaban J connectivity index is 2.29. The van der Waals surface area contributed by atoms with E-state index in [1.165, 1.54) is 0 Å². The van der Waals surface area contributed by atoms with Crippen molar-refractivity contribution in [1.82, 2.24) is 0 Å². The standard InChI is InChI=1S/C14H17N3O2/c1-18-12-6-3-10(4-7-12)17(16)11-5-8-13(15)14(9-11)19-2/h3-9H,15-16H2,1-2H3. The van der Waals surface area contributed by atoms with E-state index >= 15 is 0 Å². The lowest BCUT2D eigenvalue weighted by molar-refractivity contribution is 0.415. The molecule has 5 nitrogen and oxygen atoms in total. The predicted octanol–water partition coefficient (Wildman–Crippen LogP) is 2.30. The first-order chi connectivity index (χ1) is 9.15. The third-order valence-corrected chi connectivity index (χ3v) is 2.85. The van der Waals surface area contributed by atoms with E-state index in [9.17, 15) is 0 Å². The molecule has 5 heteroatoms. The SMILES string of the molecule is COc1ccc(N(N)c2ccc(N)c(OC)c2)cc1. The van der Waals surface area contributed by atoms with Crippen LogP contribution in [0.2, 0.25) is 0 Å². The molecule has 0 spiro atoms. The summed E-state index contributed by atoms with van der Waals surface area (Å²) in [7, 11) is 3.20. The van der Waals surface area contributed by atoms with Crippen molar-refractivity contribution in [2.24, 2.45) is 5.84 Å². The van der Waals surface area contributed by atoms with Gasteiger partial charge in [0.15, 0.2) is 0 Å². The van der Waals surface area contributed by atoms with Crippen molar-refractivity contribution < 1.29 is 9.47 Å². The highest BCUT2D eigenvalue weighted by Gasteiger charge is 2.08. The molecule has 0 aromatic heterocycles. The molecule has 0 fully saturated rings. The Morgan fingerprint density at radius 1 is 0.895 bits per heavy atom. The van der Waals surface area contributed by atoms with Crippen LogP contribution in [0.25, 0.3) is 0 Å². The van der Waals surface area contributed by atoms with Crippen LogP contribution in [0.4, 0.5) is 17.1 Å². The summed E-state index contributed by atoms with van der Waals surface area (Å²) in [6.07, 6.45) is 0. The lowest BCUT2D eigenvalue weighted by Gasteiger charge is -2.20. The Morgan fingerprint density at radius 3 is 2.11 bits per heavy atom. The van der Waals surface area contributed by atoms with Gasteiger partial charge in [0.2, 0.25) is 0 Å². The van der Waals surface area contributed by atoms with Gasteiger partial charge in [-0.25, -0.2) is 5.84 Å². The highest BCUT2D eigenvalue weighted by Crippen LogP contribution is 2.30. The maximum absolute atomic E-state index is 6.08. The molecule has 100 valence electrons. The second kappa shape index (κ2) is 5.49. The van der Waals surface area contributed by atoms with Crippen molar-refractivity contribution in [3.8, 4) is 11.5 Å². The fraction of sp³-hybridized carbons (Fsp3) is 0.143. The summed E-state index contributed by atoms with van der Waals surface area (Å²) in [5.74, 6) is 7.46. The number of methoxy groups -OCH3 is 2. The fourth-order valence-electron chi connectivity index (χ4n) is 1.74. The van der Waals surface area contributed by atoms with Gasteiger partial charge in [-0.3, -0.25) is 5.01 Å². The lowest BCUT2D eigenvalue weighted by Crippen LogP contribution is -2.24. The zero-order valence-electron chi connectivity index (χ0n) is 11.0. The van der Waals surface area contributed by atoms with Gasteiger partial charge in [0, 0.05) is 6.07 Å². The number of hydrogen-bond donors (Lipinski definition) is 2. The van der Waals surface area contributed by atoms with Crippen LogP contribution >= 0.6 is 0 Å². The Hall–Kier alpha value is -2.40. The van der Waals surface area contributed by atoms with Crippen LogP contribution < -0.4 is 26.1 Å². The summed E-state index contributed by atoms with van der Waals surface area (Å²) in [6, 6.07) is 12.8. The number of nitrogen functional groups attached to an aromatic ring is 1. The van der Waals surface area contributed by atoms with Crippen LogP contribution in [-0.2, 0) is 0 Å². The number of hydrogen-bond acceptors (Lipinski definition) is 5. The fourth-order valence-corrected chi connectivity index (χ4v) is 1.74. The molecule has 2 aromatic carbocycles. The average Bonchev–Trinajstić information content (AvgIpc) is 2.47. The number of rotatable bonds is 4. The molecule has 0 atom stereocenters. The molecule has 0 saturated carbocycles. The van der Waals surface area contributed by atoms with Gasteiger partial charge >= 0.3 is 0 Å². The monoisotopic (exact) mass is 259 g/mol. The Bertz CT molecular complexity index is 555. The van der Waals surface area contributed by atoms with Gasteiger partial charge in [0.05, 0.1) is 31.3 Å². The first-order valence-corrected chi connectivity index (χ1v) is 5.78. The number of benzene rings is 2. The Kier molecular flexibility index (Phi) is 3.77. The molecule has 2 aromatic rings. The highest BCUT2D eigenvalue weighted by atomic mass is 16.5. The van der Waals surface area contributed by atoms with Crippen molar-refractivity contribution in [3.05, 3.63) is 42.5 Å². The molecule has 0 radical (unpaired) electrons. The number of nitrogens with two attached hydrogens (primary N) is 2. The Labute approximate surface area is 112 Å². The summed E-state index contributed by atoms with van der Waals surface area (Å²) < 4.78 is 10.3. The second-order valence-corrected chi connectivity index (χ2v) is 3.99. The maximum atomic E-state index is 6.08. The van der Waals surface area contributed by atoms with E-state index in [2.05, 4.69) is 0 Å².